The average molecular weight is 414 g/mol. The van der Waals surface area contributed by atoms with E-state index in [0.717, 1.165) is 17.7 Å². The molecule has 0 aliphatic rings. The Kier molecular flexibility index (Phi) is 6.52. The van der Waals surface area contributed by atoms with E-state index in [-0.39, 0.29) is 6.54 Å². The molecule has 0 saturated carbocycles. The van der Waals surface area contributed by atoms with Gasteiger partial charge in [0.2, 0.25) is 0 Å². The minimum absolute atomic E-state index is 0.157. The Labute approximate surface area is 172 Å². The second kappa shape index (κ2) is 9.09. The third-order valence-corrected chi connectivity index (χ3v) is 4.69. The van der Waals surface area contributed by atoms with Crippen molar-refractivity contribution in [2.45, 2.75) is 25.6 Å². The molecule has 4 nitrogen and oxygen atoms in total. The minimum atomic E-state index is -4.40. The van der Waals surface area contributed by atoms with Gasteiger partial charge in [-0.05, 0) is 48.2 Å². The molecule has 0 aliphatic carbocycles. The number of halogens is 3. The van der Waals surface area contributed by atoms with Crippen LogP contribution in [0.25, 0.3) is 0 Å². The number of anilines is 1. The molecule has 3 aromatic rings. The lowest BCUT2D eigenvalue weighted by molar-refractivity contribution is -0.137. The molecule has 0 saturated heterocycles. The number of pyridine rings is 1. The highest BCUT2D eigenvalue weighted by Gasteiger charge is 2.30. The van der Waals surface area contributed by atoms with Gasteiger partial charge < -0.3 is 5.11 Å². The van der Waals surface area contributed by atoms with Crippen molar-refractivity contribution >= 4 is 11.7 Å². The summed E-state index contributed by atoms with van der Waals surface area (Å²) in [5.41, 5.74) is 1.28. The van der Waals surface area contributed by atoms with E-state index < -0.39 is 23.8 Å². The molecule has 7 heteroatoms. The maximum atomic E-state index is 13.0. The molecule has 1 amide bonds. The minimum Gasteiger partial charge on any atom is -0.378 e. The Hall–Kier alpha value is -3.19. The normalized spacial score (nSPS) is 12.4. The smallest absolute Gasteiger partial charge is 0.378 e. The van der Waals surface area contributed by atoms with Crippen LogP contribution in [0.4, 0.5) is 19.0 Å². The Morgan fingerprint density at radius 3 is 2.27 bits per heavy atom. The second-order valence-electron chi connectivity index (χ2n) is 6.94. The number of carbonyl (C=O) groups excluding carboxylic acids is 1. The summed E-state index contributed by atoms with van der Waals surface area (Å²) < 4.78 is 38.3. The van der Waals surface area contributed by atoms with Crippen LogP contribution in [0.1, 0.15) is 28.4 Å². The number of aliphatic hydroxyl groups is 1. The maximum Gasteiger partial charge on any atom is 0.416 e. The van der Waals surface area contributed by atoms with Gasteiger partial charge in [-0.25, -0.2) is 4.98 Å². The van der Waals surface area contributed by atoms with Crippen LogP contribution < -0.4 is 4.90 Å². The van der Waals surface area contributed by atoms with Crippen LogP contribution in [0.15, 0.2) is 72.9 Å². The van der Waals surface area contributed by atoms with Crippen molar-refractivity contribution in [1.82, 2.24) is 4.98 Å². The molecule has 1 N–H and O–H groups in total. The van der Waals surface area contributed by atoms with Gasteiger partial charge in [-0.15, -0.1) is 0 Å². The first-order valence-corrected chi connectivity index (χ1v) is 9.39. The van der Waals surface area contributed by atoms with Crippen LogP contribution >= 0.6 is 0 Å². The van der Waals surface area contributed by atoms with Gasteiger partial charge in [0.25, 0.3) is 5.91 Å². The lowest BCUT2D eigenvalue weighted by Crippen LogP contribution is -2.37. The molecular formula is C23H21F3N2O2. The molecule has 30 heavy (non-hydrogen) atoms. The van der Waals surface area contributed by atoms with Crippen molar-refractivity contribution in [2.24, 2.45) is 0 Å². The van der Waals surface area contributed by atoms with Crippen molar-refractivity contribution in [1.29, 1.82) is 0 Å². The molecule has 1 heterocycles. The van der Waals surface area contributed by atoms with Gasteiger partial charge in [-0.3, -0.25) is 9.69 Å². The second-order valence-corrected chi connectivity index (χ2v) is 6.94. The molecule has 156 valence electrons. The number of benzene rings is 2. The molecule has 0 radical (unpaired) electrons. The van der Waals surface area contributed by atoms with Crippen LogP contribution in [0.3, 0.4) is 0 Å². The number of carbonyl (C=O) groups is 1. The Bertz CT molecular complexity index is 972. The van der Waals surface area contributed by atoms with Crippen molar-refractivity contribution in [3.8, 4) is 0 Å². The topological polar surface area (TPSA) is 53.4 Å². The largest absolute Gasteiger partial charge is 0.416 e. The summed E-state index contributed by atoms with van der Waals surface area (Å²) in [6, 6.07) is 16.8. The van der Waals surface area contributed by atoms with Gasteiger partial charge in [-0.2, -0.15) is 13.2 Å². The summed E-state index contributed by atoms with van der Waals surface area (Å²) in [6.45, 7) is 2.02. The summed E-state index contributed by atoms with van der Waals surface area (Å²) in [5, 5.41) is 10.6. The highest BCUT2D eigenvalue weighted by molar-refractivity contribution is 5.96. The van der Waals surface area contributed by atoms with Gasteiger partial charge >= 0.3 is 6.18 Å². The molecule has 0 fully saturated rings. The first-order valence-electron chi connectivity index (χ1n) is 9.39. The van der Waals surface area contributed by atoms with Crippen LogP contribution in [-0.4, -0.2) is 22.5 Å². The molecule has 0 unspecified atom stereocenters. The van der Waals surface area contributed by atoms with Crippen molar-refractivity contribution in [3.63, 3.8) is 0 Å². The van der Waals surface area contributed by atoms with E-state index in [0.29, 0.717) is 23.4 Å². The lowest BCUT2D eigenvalue weighted by Gasteiger charge is -2.25. The van der Waals surface area contributed by atoms with Gasteiger partial charge in [0.1, 0.15) is 5.82 Å². The number of aromatic nitrogens is 1. The molecule has 1 atom stereocenters. The molecule has 1 aromatic heterocycles. The monoisotopic (exact) mass is 414 g/mol. The Morgan fingerprint density at radius 1 is 1.03 bits per heavy atom. The van der Waals surface area contributed by atoms with Gasteiger partial charge in [-0.1, -0.05) is 48.5 Å². The first kappa shape index (κ1) is 21.5. The third-order valence-electron chi connectivity index (χ3n) is 4.69. The van der Waals surface area contributed by atoms with Crippen molar-refractivity contribution in [2.75, 3.05) is 11.4 Å². The SMILES string of the molecule is Cc1ccc(N(CCc2ccc(C(F)(F)F)cc2)C(=O)[C@@H](O)c2ccccc2)nc1. The number of rotatable bonds is 6. The molecule has 0 aliphatic heterocycles. The summed E-state index contributed by atoms with van der Waals surface area (Å²) in [5.74, 6) is -0.183. The van der Waals surface area contributed by atoms with E-state index in [2.05, 4.69) is 4.98 Å². The highest BCUT2D eigenvalue weighted by atomic mass is 19.4. The number of alkyl halides is 3. The zero-order valence-corrected chi connectivity index (χ0v) is 16.3. The number of aryl methyl sites for hydroxylation is 1. The molecule has 0 bridgehead atoms. The van der Waals surface area contributed by atoms with Gasteiger partial charge in [0.05, 0.1) is 5.56 Å². The predicted molar refractivity (Wildman–Crippen MR) is 108 cm³/mol. The third kappa shape index (κ3) is 5.24. The lowest BCUT2D eigenvalue weighted by atomic mass is 10.1. The van der Waals surface area contributed by atoms with Crippen LogP contribution in [0, 0.1) is 6.92 Å². The van der Waals surface area contributed by atoms with E-state index in [1.807, 2.05) is 6.92 Å². The summed E-state index contributed by atoms with van der Waals surface area (Å²) in [7, 11) is 0. The van der Waals surface area contributed by atoms with E-state index in [1.54, 1.807) is 48.7 Å². The van der Waals surface area contributed by atoms with E-state index >= 15 is 0 Å². The van der Waals surface area contributed by atoms with Gasteiger partial charge in [0, 0.05) is 12.7 Å². The van der Waals surface area contributed by atoms with Crippen LogP contribution in [0.2, 0.25) is 0 Å². The Morgan fingerprint density at radius 2 is 1.70 bits per heavy atom. The van der Waals surface area contributed by atoms with Gasteiger partial charge in [0.15, 0.2) is 6.10 Å². The first-order chi connectivity index (χ1) is 14.3. The van der Waals surface area contributed by atoms with E-state index in [4.69, 9.17) is 0 Å². The number of nitrogens with zero attached hydrogens (tertiary/aromatic N) is 2. The van der Waals surface area contributed by atoms with E-state index in [9.17, 15) is 23.1 Å². The van der Waals surface area contributed by atoms with Crippen molar-refractivity contribution < 1.29 is 23.1 Å². The fraction of sp³-hybridized carbons (Fsp3) is 0.217. The zero-order chi connectivity index (χ0) is 21.7. The highest BCUT2D eigenvalue weighted by Crippen LogP contribution is 2.29. The number of hydrogen-bond acceptors (Lipinski definition) is 3. The number of hydrogen-bond donors (Lipinski definition) is 1. The summed E-state index contributed by atoms with van der Waals surface area (Å²) in [6.07, 6.45) is -3.85. The average Bonchev–Trinajstić information content (AvgIpc) is 2.74. The summed E-state index contributed by atoms with van der Waals surface area (Å²) in [4.78, 5) is 18.7. The molecule has 3 rings (SSSR count). The summed E-state index contributed by atoms with van der Waals surface area (Å²) >= 11 is 0. The standard InChI is InChI=1S/C23H21F3N2O2/c1-16-7-12-20(27-15-16)28(22(30)21(29)18-5-3-2-4-6-18)14-13-17-8-10-19(11-9-17)23(24,25)26/h2-12,15,21,29H,13-14H2,1H3/t21-/m0/s1. The Balaban J connectivity index is 1.81. The van der Waals surface area contributed by atoms with Crippen molar-refractivity contribution in [3.05, 3.63) is 95.2 Å². The predicted octanol–water partition coefficient (Wildman–Crippen LogP) is 4.72. The number of aliphatic hydroxyl groups excluding tert-OH is 1. The van der Waals surface area contributed by atoms with Crippen LogP contribution in [0.5, 0.6) is 0 Å². The fourth-order valence-electron chi connectivity index (χ4n) is 2.98. The molecule has 2 aromatic carbocycles. The fourth-order valence-corrected chi connectivity index (χ4v) is 2.98. The maximum absolute atomic E-state index is 13.0. The zero-order valence-electron chi connectivity index (χ0n) is 16.3. The quantitative estimate of drug-likeness (QED) is 0.635. The number of amides is 1. The molecular weight excluding hydrogens is 393 g/mol. The van der Waals surface area contributed by atoms with E-state index in [1.165, 1.54) is 17.0 Å². The van der Waals surface area contributed by atoms with Crippen LogP contribution in [-0.2, 0) is 17.4 Å². The molecule has 0 spiro atoms.